The van der Waals surface area contributed by atoms with Crippen molar-refractivity contribution in [2.24, 2.45) is 5.92 Å². The highest BCUT2D eigenvalue weighted by atomic mass is 35.5. The van der Waals surface area contributed by atoms with Crippen LogP contribution >= 0.6 is 11.6 Å². The van der Waals surface area contributed by atoms with Crippen molar-refractivity contribution in [3.63, 3.8) is 0 Å². The van der Waals surface area contributed by atoms with Gasteiger partial charge in [0.2, 0.25) is 0 Å². The van der Waals surface area contributed by atoms with Crippen LogP contribution in [0.4, 0.5) is 0 Å². The van der Waals surface area contributed by atoms with Crippen LogP contribution in [-0.2, 0) is 6.42 Å². The van der Waals surface area contributed by atoms with E-state index in [0.29, 0.717) is 0 Å². The second-order valence-electron chi connectivity index (χ2n) is 5.17. The average Bonchev–Trinajstić information content (AvgIpc) is 2.66. The maximum Gasteiger partial charge on any atom is 0.0457 e. The third-order valence-electron chi connectivity index (χ3n) is 3.12. The van der Waals surface area contributed by atoms with Gasteiger partial charge < -0.3 is 4.98 Å². The zero-order chi connectivity index (χ0) is 12.3. The van der Waals surface area contributed by atoms with E-state index in [0.717, 1.165) is 17.4 Å². The normalized spacial score (nSPS) is 11.5. The van der Waals surface area contributed by atoms with E-state index in [4.69, 9.17) is 11.6 Å². The summed E-state index contributed by atoms with van der Waals surface area (Å²) >= 11 is 5.98. The van der Waals surface area contributed by atoms with Crippen LogP contribution < -0.4 is 0 Å². The molecule has 0 spiro atoms. The minimum atomic E-state index is 0.808. The van der Waals surface area contributed by atoms with Gasteiger partial charge in [-0.1, -0.05) is 38.3 Å². The lowest BCUT2D eigenvalue weighted by molar-refractivity contribution is 0.537. The third-order valence-corrected chi connectivity index (χ3v) is 3.35. The number of rotatable bonds is 5. The summed E-state index contributed by atoms with van der Waals surface area (Å²) in [5.41, 5.74) is 2.51. The number of fused-ring (bicyclic) bond motifs is 1. The van der Waals surface area contributed by atoms with Crippen LogP contribution in [0.25, 0.3) is 10.9 Å². The van der Waals surface area contributed by atoms with Gasteiger partial charge in [0.05, 0.1) is 0 Å². The number of H-pyrrole nitrogens is 1. The van der Waals surface area contributed by atoms with Crippen molar-refractivity contribution in [2.75, 3.05) is 0 Å². The molecule has 0 saturated heterocycles. The number of nitrogens with one attached hydrogen (secondary N) is 1. The molecule has 0 atom stereocenters. The maximum atomic E-state index is 5.98. The molecule has 2 heteroatoms. The van der Waals surface area contributed by atoms with Crippen molar-refractivity contribution >= 4 is 22.5 Å². The smallest absolute Gasteiger partial charge is 0.0457 e. The van der Waals surface area contributed by atoms with Gasteiger partial charge in [-0.15, -0.1) is 0 Å². The number of halogens is 1. The van der Waals surface area contributed by atoms with Crippen LogP contribution in [-0.4, -0.2) is 4.98 Å². The molecule has 1 heterocycles. The molecule has 0 saturated carbocycles. The molecular formula is C15H20ClN. The second-order valence-corrected chi connectivity index (χ2v) is 5.60. The quantitative estimate of drug-likeness (QED) is 0.702. The first-order valence-electron chi connectivity index (χ1n) is 6.42. The van der Waals surface area contributed by atoms with Crippen molar-refractivity contribution in [3.8, 4) is 0 Å². The Bertz CT molecular complexity index is 485. The molecule has 0 fully saturated rings. The minimum absolute atomic E-state index is 0.808. The number of hydrogen-bond acceptors (Lipinski definition) is 0. The van der Waals surface area contributed by atoms with Crippen molar-refractivity contribution in [2.45, 2.75) is 39.5 Å². The van der Waals surface area contributed by atoms with Crippen LogP contribution in [0.5, 0.6) is 0 Å². The molecule has 0 amide bonds. The predicted molar refractivity (Wildman–Crippen MR) is 75.7 cm³/mol. The van der Waals surface area contributed by atoms with Gasteiger partial charge in [0.15, 0.2) is 0 Å². The standard InChI is InChI=1S/C15H20ClN/c1-11(2)5-3-4-6-14-10-12-9-13(16)7-8-15(12)17-14/h7-11,17H,3-6H2,1-2H3. The summed E-state index contributed by atoms with van der Waals surface area (Å²) in [7, 11) is 0. The Morgan fingerprint density at radius 2 is 2.00 bits per heavy atom. The molecule has 1 aromatic carbocycles. The molecule has 92 valence electrons. The van der Waals surface area contributed by atoms with Crippen LogP contribution in [0.1, 0.15) is 38.8 Å². The zero-order valence-electron chi connectivity index (χ0n) is 10.6. The highest BCUT2D eigenvalue weighted by molar-refractivity contribution is 6.31. The van der Waals surface area contributed by atoms with Crippen LogP contribution in [0.3, 0.4) is 0 Å². The summed E-state index contributed by atoms with van der Waals surface area (Å²) in [6, 6.07) is 8.22. The molecule has 2 aromatic rings. The van der Waals surface area contributed by atoms with Gasteiger partial charge in [-0.05, 0) is 43.0 Å². The highest BCUT2D eigenvalue weighted by Crippen LogP contribution is 2.21. The van der Waals surface area contributed by atoms with Gasteiger partial charge >= 0.3 is 0 Å². The average molecular weight is 250 g/mol. The Labute approximate surface area is 108 Å². The van der Waals surface area contributed by atoms with Gasteiger partial charge in [0.25, 0.3) is 0 Å². The van der Waals surface area contributed by atoms with Crippen molar-refractivity contribution < 1.29 is 0 Å². The minimum Gasteiger partial charge on any atom is -0.358 e. The lowest BCUT2D eigenvalue weighted by Gasteiger charge is -2.02. The topological polar surface area (TPSA) is 15.8 Å². The molecule has 17 heavy (non-hydrogen) atoms. The lowest BCUT2D eigenvalue weighted by Crippen LogP contribution is -1.90. The Balaban J connectivity index is 1.95. The van der Waals surface area contributed by atoms with E-state index >= 15 is 0 Å². The number of aryl methyl sites for hydroxylation is 1. The summed E-state index contributed by atoms with van der Waals surface area (Å²) in [4.78, 5) is 3.45. The molecule has 1 N–H and O–H groups in total. The first-order chi connectivity index (χ1) is 8.15. The lowest BCUT2D eigenvalue weighted by atomic mass is 10.0. The van der Waals surface area contributed by atoms with E-state index in [2.05, 4.69) is 31.0 Å². The molecule has 2 rings (SSSR count). The van der Waals surface area contributed by atoms with Crippen molar-refractivity contribution in [3.05, 3.63) is 35.0 Å². The van der Waals surface area contributed by atoms with Gasteiger partial charge in [-0.2, -0.15) is 0 Å². The monoisotopic (exact) mass is 249 g/mol. The molecule has 0 unspecified atom stereocenters. The molecule has 1 aromatic heterocycles. The fraction of sp³-hybridized carbons (Fsp3) is 0.467. The van der Waals surface area contributed by atoms with Crippen molar-refractivity contribution in [1.82, 2.24) is 4.98 Å². The van der Waals surface area contributed by atoms with E-state index < -0.39 is 0 Å². The van der Waals surface area contributed by atoms with E-state index in [1.54, 1.807) is 0 Å². The van der Waals surface area contributed by atoms with Crippen LogP contribution in [0.15, 0.2) is 24.3 Å². The summed E-state index contributed by atoms with van der Waals surface area (Å²) in [6.07, 6.45) is 5.04. The van der Waals surface area contributed by atoms with Crippen LogP contribution in [0, 0.1) is 5.92 Å². The third kappa shape index (κ3) is 3.50. The Hall–Kier alpha value is -0.950. The van der Waals surface area contributed by atoms with Crippen LogP contribution in [0.2, 0.25) is 5.02 Å². The fourth-order valence-corrected chi connectivity index (χ4v) is 2.35. The summed E-state index contributed by atoms with van der Waals surface area (Å²) in [5.74, 6) is 0.816. The fourth-order valence-electron chi connectivity index (χ4n) is 2.17. The Morgan fingerprint density at radius 1 is 1.18 bits per heavy atom. The molecule has 1 nitrogen and oxygen atoms in total. The highest BCUT2D eigenvalue weighted by Gasteiger charge is 2.02. The SMILES string of the molecule is CC(C)CCCCc1cc2cc(Cl)ccc2[nH]1. The number of hydrogen-bond donors (Lipinski definition) is 1. The number of unbranched alkanes of at least 4 members (excludes halogenated alkanes) is 1. The molecule has 0 radical (unpaired) electrons. The molecule has 0 aliphatic carbocycles. The summed E-state index contributed by atoms with van der Waals surface area (Å²) in [6.45, 7) is 4.57. The number of aromatic nitrogens is 1. The Morgan fingerprint density at radius 3 is 2.76 bits per heavy atom. The Kier molecular flexibility index (Phi) is 4.11. The molecular weight excluding hydrogens is 230 g/mol. The predicted octanol–water partition coefficient (Wildman–Crippen LogP) is 5.19. The molecule has 0 aliphatic heterocycles. The number of benzene rings is 1. The first-order valence-corrected chi connectivity index (χ1v) is 6.80. The first kappa shape index (κ1) is 12.5. The summed E-state index contributed by atoms with van der Waals surface area (Å²) < 4.78 is 0. The van der Waals surface area contributed by atoms with Gasteiger partial charge in [0.1, 0.15) is 0 Å². The number of aromatic amines is 1. The van der Waals surface area contributed by atoms with Gasteiger partial charge in [0, 0.05) is 21.6 Å². The van der Waals surface area contributed by atoms with E-state index in [1.165, 1.54) is 35.9 Å². The zero-order valence-corrected chi connectivity index (χ0v) is 11.3. The largest absolute Gasteiger partial charge is 0.358 e. The van der Waals surface area contributed by atoms with E-state index in [9.17, 15) is 0 Å². The maximum absolute atomic E-state index is 5.98. The van der Waals surface area contributed by atoms with Crippen molar-refractivity contribution in [1.29, 1.82) is 0 Å². The second kappa shape index (κ2) is 5.59. The van der Waals surface area contributed by atoms with E-state index in [-0.39, 0.29) is 0 Å². The van der Waals surface area contributed by atoms with Gasteiger partial charge in [-0.3, -0.25) is 0 Å². The van der Waals surface area contributed by atoms with Gasteiger partial charge in [-0.25, -0.2) is 0 Å². The summed E-state index contributed by atoms with van der Waals surface area (Å²) in [5, 5.41) is 2.03. The molecule has 0 aliphatic rings. The van der Waals surface area contributed by atoms with E-state index in [1.807, 2.05) is 12.1 Å². The molecule has 0 bridgehead atoms.